The number of aryl methyl sites for hydroxylation is 1. The first-order valence-corrected chi connectivity index (χ1v) is 9.00. The van der Waals surface area contributed by atoms with Gasteiger partial charge in [-0.25, -0.2) is 4.98 Å². The Morgan fingerprint density at radius 2 is 2.00 bits per heavy atom. The van der Waals surface area contributed by atoms with Gasteiger partial charge >= 0.3 is 0 Å². The van der Waals surface area contributed by atoms with Crippen LogP contribution in [0.3, 0.4) is 0 Å². The molecule has 0 saturated heterocycles. The summed E-state index contributed by atoms with van der Waals surface area (Å²) in [6, 6.07) is 10.9. The summed E-state index contributed by atoms with van der Waals surface area (Å²) in [4.78, 5) is 18.9. The van der Waals surface area contributed by atoms with Gasteiger partial charge in [-0.15, -0.1) is 0 Å². The van der Waals surface area contributed by atoms with Crippen LogP contribution >= 0.6 is 11.6 Å². The Balaban J connectivity index is 1.63. The van der Waals surface area contributed by atoms with Crippen molar-refractivity contribution in [2.24, 2.45) is 0 Å². The van der Waals surface area contributed by atoms with Gasteiger partial charge in [-0.2, -0.15) is 0 Å². The molecule has 2 heterocycles. The Labute approximate surface area is 163 Å². The van der Waals surface area contributed by atoms with Crippen LogP contribution in [0.1, 0.15) is 23.3 Å². The van der Waals surface area contributed by atoms with Gasteiger partial charge in [0.1, 0.15) is 11.5 Å². The second kappa shape index (κ2) is 8.41. The summed E-state index contributed by atoms with van der Waals surface area (Å²) in [6.45, 7) is 2.25. The Kier molecular flexibility index (Phi) is 5.98. The van der Waals surface area contributed by atoms with Gasteiger partial charge in [-0.05, 0) is 57.4 Å². The van der Waals surface area contributed by atoms with Crippen LogP contribution in [0.4, 0.5) is 0 Å². The van der Waals surface area contributed by atoms with Crippen molar-refractivity contribution in [1.29, 1.82) is 0 Å². The van der Waals surface area contributed by atoms with Crippen LogP contribution in [0.15, 0.2) is 51.5 Å². The van der Waals surface area contributed by atoms with E-state index in [9.17, 15) is 4.79 Å². The minimum absolute atomic E-state index is 0.0352. The predicted octanol–water partition coefficient (Wildman–Crippen LogP) is 3.86. The number of hydrogen-bond acceptors (Lipinski definition) is 5. The number of carbonyl (C=O) groups excluding carboxylic acids is 1. The first-order valence-electron chi connectivity index (χ1n) is 8.63. The Morgan fingerprint density at radius 1 is 1.26 bits per heavy atom. The van der Waals surface area contributed by atoms with Gasteiger partial charge in [-0.3, -0.25) is 9.69 Å². The standard InChI is InChI=1S/C20H22ClN3O3/c1-13-16(23-20(27-13)14-6-8-15(21)9-7-14)11-19(25)22-12-17(24(2)3)18-5-4-10-26-18/h4-10,17H,11-12H2,1-3H3,(H,22,25). The Bertz CT molecular complexity index is 886. The van der Waals surface area contributed by atoms with Gasteiger partial charge < -0.3 is 14.2 Å². The van der Waals surface area contributed by atoms with E-state index in [1.165, 1.54) is 0 Å². The molecule has 2 aromatic heterocycles. The van der Waals surface area contributed by atoms with Crippen molar-refractivity contribution in [3.63, 3.8) is 0 Å². The largest absolute Gasteiger partial charge is 0.468 e. The van der Waals surface area contributed by atoms with Crippen molar-refractivity contribution in [3.8, 4) is 11.5 Å². The lowest BCUT2D eigenvalue weighted by Crippen LogP contribution is -2.35. The fraction of sp³-hybridized carbons (Fsp3) is 0.300. The number of halogens is 1. The summed E-state index contributed by atoms with van der Waals surface area (Å²) in [5.41, 5.74) is 1.44. The van der Waals surface area contributed by atoms with E-state index in [1.807, 2.05) is 43.3 Å². The van der Waals surface area contributed by atoms with Crippen LogP contribution < -0.4 is 5.32 Å². The van der Waals surface area contributed by atoms with Crippen molar-refractivity contribution >= 4 is 17.5 Å². The van der Waals surface area contributed by atoms with Crippen molar-refractivity contribution in [2.75, 3.05) is 20.6 Å². The number of rotatable bonds is 7. The molecular weight excluding hydrogens is 366 g/mol. The van der Waals surface area contributed by atoms with Crippen LogP contribution in [-0.2, 0) is 11.2 Å². The second-order valence-corrected chi connectivity index (χ2v) is 6.94. The molecule has 3 aromatic rings. The molecule has 0 aliphatic rings. The third-order valence-corrected chi connectivity index (χ3v) is 4.55. The van der Waals surface area contributed by atoms with Crippen LogP contribution in [0, 0.1) is 6.92 Å². The van der Waals surface area contributed by atoms with E-state index in [0.717, 1.165) is 11.3 Å². The zero-order valence-corrected chi connectivity index (χ0v) is 16.3. The maximum Gasteiger partial charge on any atom is 0.226 e. The van der Waals surface area contributed by atoms with E-state index >= 15 is 0 Å². The second-order valence-electron chi connectivity index (χ2n) is 6.50. The molecule has 0 fully saturated rings. The summed E-state index contributed by atoms with van der Waals surface area (Å²) in [6.07, 6.45) is 1.78. The summed E-state index contributed by atoms with van der Waals surface area (Å²) >= 11 is 5.91. The molecule has 27 heavy (non-hydrogen) atoms. The van der Waals surface area contributed by atoms with Crippen LogP contribution in [-0.4, -0.2) is 36.4 Å². The summed E-state index contributed by atoms with van der Waals surface area (Å²) < 4.78 is 11.2. The van der Waals surface area contributed by atoms with Gasteiger partial charge in [0.25, 0.3) is 0 Å². The molecule has 3 rings (SSSR count). The molecule has 1 unspecified atom stereocenters. The van der Waals surface area contributed by atoms with Gasteiger partial charge in [-0.1, -0.05) is 11.6 Å². The average molecular weight is 388 g/mol. The highest BCUT2D eigenvalue weighted by Gasteiger charge is 2.19. The van der Waals surface area contributed by atoms with Crippen molar-refractivity contribution in [2.45, 2.75) is 19.4 Å². The van der Waals surface area contributed by atoms with E-state index < -0.39 is 0 Å². The van der Waals surface area contributed by atoms with E-state index in [0.29, 0.717) is 28.9 Å². The molecule has 7 heteroatoms. The molecule has 0 aliphatic heterocycles. The van der Waals surface area contributed by atoms with Crippen molar-refractivity contribution in [3.05, 3.63) is 64.9 Å². The van der Waals surface area contributed by atoms with Crippen LogP contribution in [0.25, 0.3) is 11.5 Å². The normalized spacial score (nSPS) is 12.3. The Hall–Kier alpha value is -2.57. The number of nitrogens with one attached hydrogen (secondary N) is 1. The molecule has 1 atom stereocenters. The number of aromatic nitrogens is 1. The van der Waals surface area contributed by atoms with Gasteiger partial charge in [0, 0.05) is 17.1 Å². The lowest BCUT2D eigenvalue weighted by Gasteiger charge is -2.22. The lowest BCUT2D eigenvalue weighted by atomic mass is 10.2. The molecule has 1 aromatic carbocycles. The molecule has 1 N–H and O–H groups in total. The van der Waals surface area contributed by atoms with Crippen molar-refractivity contribution in [1.82, 2.24) is 15.2 Å². The smallest absolute Gasteiger partial charge is 0.226 e. The number of nitrogens with zero attached hydrogens (tertiary/aromatic N) is 2. The summed E-state index contributed by atoms with van der Waals surface area (Å²) in [7, 11) is 3.89. The summed E-state index contributed by atoms with van der Waals surface area (Å²) in [5.74, 6) is 1.80. The fourth-order valence-corrected chi connectivity index (χ4v) is 2.88. The monoisotopic (exact) mass is 387 g/mol. The summed E-state index contributed by atoms with van der Waals surface area (Å²) in [5, 5.41) is 3.59. The number of hydrogen-bond donors (Lipinski definition) is 1. The number of likely N-dealkylation sites (N-methyl/N-ethyl adjacent to an activating group) is 1. The highest BCUT2D eigenvalue weighted by Crippen LogP contribution is 2.23. The van der Waals surface area contributed by atoms with Gasteiger partial charge in [0.15, 0.2) is 0 Å². The minimum atomic E-state index is -0.118. The molecule has 0 bridgehead atoms. The van der Waals surface area contributed by atoms with E-state index in [-0.39, 0.29) is 18.4 Å². The molecule has 0 aliphatic carbocycles. The quantitative estimate of drug-likeness (QED) is 0.666. The number of benzene rings is 1. The van der Waals surface area contributed by atoms with E-state index in [4.69, 9.17) is 20.4 Å². The molecule has 1 amide bonds. The SMILES string of the molecule is Cc1oc(-c2ccc(Cl)cc2)nc1CC(=O)NCC(c1ccco1)N(C)C. The maximum atomic E-state index is 12.4. The molecule has 0 spiro atoms. The number of oxazole rings is 1. The first kappa shape index (κ1) is 19.2. The number of carbonyl (C=O) groups is 1. The molecule has 142 valence electrons. The zero-order valence-electron chi connectivity index (χ0n) is 15.5. The fourth-order valence-electron chi connectivity index (χ4n) is 2.75. The molecule has 0 saturated carbocycles. The number of furan rings is 1. The zero-order chi connectivity index (χ0) is 19.4. The lowest BCUT2D eigenvalue weighted by molar-refractivity contribution is -0.120. The maximum absolute atomic E-state index is 12.4. The third-order valence-electron chi connectivity index (χ3n) is 4.30. The third kappa shape index (κ3) is 4.78. The van der Waals surface area contributed by atoms with Crippen LogP contribution in [0.5, 0.6) is 0 Å². The number of amides is 1. The Morgan fingerprint density at radius 3 is 2.63 bits per heavy atom. The first-order chi connectivity index (χ1) is 12.9. The van der Waals surface area contributed by atoms with Gasteiger partial charge in [0.2, 0.25) is 11.8 Å². The topological polar surface area (TPSA) is 71.5 Å². The highest BCUT2D eigenvalue weighted by atomic mass is 35.5. The van der Waals surface area contributed by atoms with E-state index in [2.05, 4.69) is 10.3 Å². The van der Waals surface area contributed by atoms with Crippen molar-refractivity contribution < 1.29 is 13.6 Å². The predicted molar refractivity (Wildman–Crippen MR) is 104 cm³/mol. The molecule has 0 radical (unpaired) electrons. The molecule has 6 nitrogen and oxygen atoms in total. The van der Waals surface area contributed by atoms with E-state index in [1.54, 1.807) is 25.3 Å². The molecular formula is C20H22ClN3O3. The van der Waals surface area contributed by atoms with Gasteiger partial charge in [0.05, 0.1) is 24.4 Å². The highest BCUT2D eigenvalue weighted by molar-refractivity contribution is 6.30. The average Bonchev–Trinajstić information content (AvgIpc) is 3.26. The minimum Gasteiger partial charge on any atom is -0.468 e. The van der Waals surface area contributed by atoms with Crippen LogP contribution in [0.2, 0.25) is 5.02 Å².